The monoisotopic (exact) mass is 221 g/mol. The highest BCUT2D eigenvalue weighted by atomic mass is 16.5. The number of aromatic amines is 1. The summed E-state index contributed by atoms with van der Waals surface area (Å²) in [6.45, 7) is 3.39. The highest BCUT2D eigenvalue weighted by Crippen LogP contribution is 2.12. The Kier molecular flexibility index (Phi) is 2.26. The van der Waals surface area contributed by atoms with E-state index in [9.17, 15) is 9.59 Å². The van der Waals surface area contributed by atoms with Gasteiger partial charge in [0.2, 0.25) is 0 Å². The minimum atomic E-state index is -0.506. The lowest BCUT2D eigenvalue weighted by Gasteiger charge is -1.97. The zero-order chi connectivity index (χ0) is 11.9. The van der Waals surface area contributed by atoms with Crippen molar-refractivity contribution >= 4 is 11.6 Å². The Morgan fingerprint density at radius 2 is 2.19 bits per heavy atom. The molecule has 2 aromatic rings. The van der Waals surface area contributed by atoms with Gasteiger partial charge in [-0.1, -0.05) is 0 Å². The molecule has 0 atom stereocenters. The van der Waals surface area contributed by atoms with E-state index in [4.69, 9.17) is 0 Å². The number of carbonyl (C=O) groups excluding carboxylic acids is 1. The molecule has 0 saturated heterocycles. The number of ether oxygens (including phenoxy) is 1. The van der Waals surface area contributed by atoms with Crippen LogP contribution in [0.3, 0.4) is 0 Å². The standard InChI is InChI=1S/C10H11N3O3/c1-5-4-7(14)13-9(11-5)8(6(2)12-13)10(15)16-3/h4,12H,1-3H3. The molecule has 6 nitrogen and oxygen atoms in total. The second-order valence-electron chi connectivity index (χ2n) is 3.50. The van der Waals surface area contributed by atoms with Gasteiger partial charge in [-0.3, -0.25) is 9.89 Å². The number of hydrogen-bond acceptors (Lipinski definition) is 4. The summed E-state index contributed by atoms with van der Waals surface area (Å²) in [6, 6.07) is 1.39. The van der Waals surface area contributed by atoms with Gasteiger partial charge in [-0.2, -0.15) is 0 Å². The van der Waals surface area contributed by atoms with Crippen LogP contribution >= 0.6 is 0 Å². The molecule has 2 aromatic heterocycles. The number of nitrogens with zero attached hydrogens (tertiary/aromatic N) is 2. The van der Waals surface area contributed by atoms with Gasteiger partial charge in [-0.15, -0.1) is 0 Å². The normalized spacial score (nSPS) is 10.7. The molecule has 0 aliphatic carbocycles. The quantitative estimate of drug-likeness (QED) is 0.708. The van der Waals surface area contributed by atoms with Crippen LogP contribution in [0, 0.1) is 13.8 Å². The maximum atomic E-state index is 11.6. The smallest absolute Gasteiger partial charge is 0.343 e. The van der Waals surface area contributed by atoms with Crippen LogP contribution in [0.1, 0.15) is 21.7 Å². The van der Waals surface area contributed by atoms with Gasteiger partial charge in [0.15, 0.2) is 5.65 Å². The second kappa shape index (κ2) is 3.48. The van der Waals surface area contributed by atoms with Crippen LogP contribution in [0.25, 0.3) is 5.65 Å². The first-order valence-electron chi connectivity index (χ1n) is 4.72. The fourth-order valence-corrected chi connectivity index (χ4v) is 1.61. The van der Waals surface area contributed by atoms with Crippen LogP contribution in [-0.4, -0.2) is 27.7 Å². The lowest BCUT2D eigenvalue weighted by Crippen LogP contribution is -2.15. The summed E-state index contributed by atoms with van der Waals surface area (Å²) in [5.41, 5.74) is 1.47. The average molecular weight is 221 g/mol. The zero-order valence-electron chi connectivity index (χ0n) is 9.20. The van der Waals surface area contributed by atoms with Crippen molar-refractivity contribution in [3.8, 4) is 0 Å². The first kappa shape index (κ1) is 10.4. The molecule has 0 saturated carbocycles. The molecule has 84 valence electrons. The largest absolute Gasteiger partial charge is 0.465 e. The van der Waals surface area contributed by atoms with Gasteiger partial charge in [0.25, 0.3) is 5.56 Å². The van der Waals surface area contributed by atoms with Crippen molar-refractivity contribution in [2.75, 3.05) is 7.11 Å². The molecule has 0 aliphatic rings. The fraction of sp³-hybridized carbons (Fsp3) is 0.300. The van der Waals surface area contributed by atoms with Gasteiger partial charge >= 0.3 is 5.97 Å². The molecule has 0 radical (unpaired) electrons. The number of fused-ring (bicyclic) bond motifs is 1. The Bertz CT molecular complexity index is 624. The van der Waals surface area contributed by atoms with Crippen LogP contribution in [0.4, 0.5) is 0 Å². The molecule has 0 unspecified atom stereocenters. The van der Waals surface area contributed by atoms with E-state index in [2.05, 4.69) is 14.8 Å². The molecule has 2 rings (SSSR count). The summed E-state index contributed by atoms with van der Waals surface area (Å²) in [4.78, 5) is 27.3. The Balaban J connectivity index is 2.89. The van der Waals surface area contributed by atoms with Crippen molar-refractivity contribution in [2.45, 2.75) is 13.8 Å². The van der Waals surface area contributed by atoms with Crippen molar-refractivity contribution in [2.24, 2.45) is 0 Å². The predicted octanol–water partition coefficient (Wildman–Crippen LogP) is 0.426. The number of hydrogen-bond donors (Lipinski definition) is 1. The lowest BCUT2D eigenvalue weighted by atomic mass is 10.2. The molecule has 0 bridgehead atoms. The first-order valence-corrected chi connectivity index (χ1v) is 4.72. The molecular formula is C10H11N3O3. The van der Waals surface area contributed by atoms with E-state index in [-0.39, 0.29) is 5.56 Å². The summed E-state index contributed by atoms with van der Waals surface area (Å²) in [5, 5.41) is 2.78. The number of carbonyl (C=O) groups is 1. The van der Waals surface area contributed by atoms with Crippen LogP contribution in [-0.2, 0) is 4.74 Å². The lowest BCUT2D eigenvalue weighted by molar-refractivity contribution is 0.0602. The average Bonchev–Trinajstić information content (AvgIpc) is 2.54. The molecular weight excluding hydrogens is 210 g/mol. The van der Waals surface area contributed by atoms with Gasteiger partial charge in [-0.05, 0) is 13.8 Å². The van der Waals surface area contributed by atoms with Gasteiger partial charge in [0.1, 0.15) is 5.56 Å². The Morgan fingerprint density at radius 3 is 2.81 bits per heavy atom. The van der Waals surface area contributed by atoms with E-state index in [1.54, 1.807) is 13.8 Å². The van der Waals surface area contributed by atoms with E-state index in [0.717, 1.165) is 0 Å². The van der Waals surface area contributed by atoms with Crippen molar-refractivity contribution < 1.29 is 9.53 Å². The van der Waals surface area contributed by atoms with Crippen molar-refractivity contribution in [1.82, 2.24) is 14.6 Å². The maximum absolute atomic E-state index is 11.6. The SMILES string of the molecule is COC(=O)c1c(C)[nH]n2c(=O)cc(C)nc12. The fourth-order valence-electron chi connectivity index (χ4n) is 1.61. The summed E-state index contributed by atoms with van der Waals surface area (Å²) in [7, 11) is 1.29. The zero-order valence-corrected chi connectivity index (χ0v) is 9.20. The molecule has 0 fully saturated rings. The Hall–Kier alpha value is -2.11. The predicted molar refractivity (Wildman–Crippen MR) is 56.6 cm³/mol. The highest BCUT2D eigenvalue weighted by Gasteiger charge is 2.18. The van der Waals surface area contributed by atoms with E-state index < -0.39 is 5.97 Å². The summed E-state index contributed by atoms with van der Waals surface area (Å²) in [6.07, 6.45) is 0. The van der Waals surface area contributed by atoms with Crippen molar-refractivity contribution in [3.05, 3.63) is 33.4 Å². The molecule has 2 heterocycles. The molecule has 0 aromatic carbocycles. The molecule has 6 heteroatoms. The van der Waals surface area contributed by atoms with E-state index in [1.807, 2.05) is 0 Å². The van der Waals surface area contributed by atoms with Crippen LogP contribution in [0.15, 0.2) is 10.9 Å². The topological polar surface area (TPSA) is 76.5 Å². The third-order valence-corrected chi connectivity index (χ3v) is 2.31. The van der Waals surface area contributed by atoms with Crippen LogP contribution < -0.4 is 5.56 Å². The third kappa shape index (κ3) is 1.39. The molecule has 0 amide bonds. The number of methoxy groups -OCH3 is 1. The van der Waals surface area contributed by atoms with Gasteiger partial charge in [-0.25, -0.2) is 14.3 Å². The molecule has 0 aliphatic heterocycles. The van der Waals surface area contributed by atoms with Crippen molar-refractivity contribution in [3.63, 3.8) is 0 Å². The number of esters is 1. The number of H-pyrrole nitrogens is 1. The van der Waals surface area contributed by atoms with Crippen molar-refractivity contribution in [1.29, 1.82) is 0 Å². The van der Waals surface area contributed by atoms with Crippen LogP contribution in [0.2, 0.25) is 0 Å². The summed E-state index contributed by atoms with van der Waals surface area (Å²) < 4.78 is 5.88. The minimum absolute atomic E-state index is 0.249. The first-order chi connectivity index (χ1) is 7.54. The van der Waals surface area contributed by atoms with Crippen LogP contribution in [0.5, 0.6) is 0 Å². The maximum Gasteiger partial charge on any atom is 0.343 e. The molecule has 1 N–H and O–H groups in total. The number of aromatic nitrogens is 3. The van der Waals surface area contributed by atoms with E-state index in [1.165, 1.54) is 17.7 Å². The van der Waals surface area contributed by atoms with E-state index in [0.29, 0.717) is 22.6 Å². The molecule has 0 spiro atoms. The number of rotatable bonds is 1. The van der Waals surface area contributed by atoms with E-state index >= 15 is 0 Å². The molecule has 16 heavy (non-hydrogen) atoms. The number of nitrogens with one attached hydrogen (secondary N) is 1. The summed E-state index contributed by atoms with van der Waals surface area (Å²) >= 11 is 0. The summed E-state index contributed by atoms with van der Waals surface area (Å²) in [5.74, 6) is -0.506. The van der Waals surface area contributed by atoms with Gasteiger partial charge < -0.3 is 4.74 Å². The Morgan fingerprint density at radius 1 is 1.50 bits per heavy atom. The van der Waals surface area contributed by atoms with Gasteiger partial charge in [0.05, 0.1) is 7.11 Å². The Labute approximate surface area is 90.9 Å². The third-order valence-electron chi connectivity index (χ3n) is 2.31. The number of aryl methyl sites for hydroxylation is 2. The highest BCUT2D eigenvalue weighted by molar-refractivity contribution is 5.97. The minimum Gasteiger partial charge on any atom is -0.465 e. The van der Waals surface area contributed by atoms with Gasteiger partial charge in [0, 0.05) is 17.5 Å². The second-order valence-corrected chi connectivity index (χ2v) is 3.50.